The first-order valence-corrected chi connectivity index (χ1v) is 3.56. The van der Waals surface area contributed by atoms with Crippen LogP contribution in [0.4, 0.5) is 0 Å². The van der Waals surface area contributed by atoms with Gasteiger partial charge in [-0.15, -0.1) is 0 Å². The molecule has 0 rings (SSSR count). The van der Waals surface area contributed by atoms with Crippen LogP contribution in [0.5, 0.6) is 0 Å². The molecule has 3 nitrogen and oxygen atoms in total. The molecule has 0 saturated heterocycles. The van der Waals surface area contributed by atoms with Crippen LogP contribution in [-0.2, 0) is 4.79 Å². The molecular formula is C8H19NO2. The predicted molar refractivity (Wildman–Crippen MR) is 46.4 cm³/mol. The number of aliphatic carboxylic acids is 1. The molecule has 0 radical (unpaired) electrons. The molecule has 0 unspecified atom stereocenters. The zero-order valence-corrected chi connectivity index (χ0v) is 6.50. The lowest BCUT2D eigenvalue weighted by atomic mass is 10.0. The van der Waals surface area contributed by atoms with Gasteiger partial charge in [-0.3, -0.25) is 4.79 Å². The molecule has 3 heteroatoms. The van der Waals surface area contributed by atoms with Crippen molar-refractivity contribution < 1.29 is 9.90 Å². The molecule has 0 spiro atoms. The third kappa shape index (κ3) is 5.85. The zero-order chi connectivity index (χ0) is 8.15. The minimum absolute atomic E-state index is 0. The largest absolute Gasteiger partial charge is 0.480 e. The Labute approximate surface area is 68.6 Å². The Hall–Kier alpha value is -0.570. The standard InChI is InChI=1S/C7H15NO2.CH4/c1-3-5(2)4-6(8)7(9)10;/h5-6H,3-4,8H2,1-2H3,(H,9,10);1H4/t5-,6+;/m1./s1. The van der Waals surface area contributed by atoms with Crippen molar-refractivity contribution in [2.45, 2.75) is 40.2 Å². The highest BCUT2D eigenvalue weighted by molar-refractivity contribution is 5.72. The van der Waals surface area contributed by atoms with Crippen LogP contribution in [0.15, 0.2) is 0 Å². The third-order valence-corrected chi connectivity index (χ3v) is 1.67. The average molecular weight is 161 g/mol. The van der Waals surface area contributed by atoms with Gasteiger partial charge in [0.25, 0.3) is 0 Å². The Morgan fingerprint density at radius 3 is 2.36 bits per heavy atom. The molecule has 0 fully saturated rings. The second kappa shape index (κ2) is 6.16. The maximum atomic E-state index is 10.2. The Bertz CT molecular complexity index is 115. The van der Waals surface area contributed by atoms with E-state index in [1.165, 1.54) is 0 Å². The molecular weight excluding hydrogens is 142 g/mol. The van der Waals surface area contributed by atoms with Gasteiger partial charge in [-0.2, -0.15) is 0 Å². The maximum absolute atomic E-state index is 10.2. The molecule has 0 aromatic carbocycles. The van der Waals surface area contributed by atoms with Gasteiger partial charge < -0.3 is 10.8 Å². The van der Waals surface area contributed by atoms with Crippen molar-refractivity contribution in [2.24, 2.45) is 11.7 Å². The molecule has 0 aliphatic heterocycles. The van der Waals surface area contributed by atoms with Crippen molar-refractivity contribution in [2.75, 3.05) is 0 Å². The summed E-state index contributed by atoms with van der Waals surface area (Å²) in [5.41, 5.74) is 5.29. The van der Waals surface area contributed by atoms with Crippen molar-refractivity contribution in [1.82, 2.24) is 0 Å². The van der Waals surface area contributed by atoms with Crippen molar-refractivity contribution in [3.05, 3.63) is 0 Å². The fraction of sp³-hybridized carbons (Fsp3) is 0.875. The average Bonchev–Trinajstić information content (AvgIpc) is 1.87. The fourth-order valence-electron chi connectivity index (χ4n) is 0.701. The van der Waals surface area contributed by atoms with Gasteiger partial charge in [0, 0.05) is 0 Å². The lowest BCUT2D eigenvalue weighted by Crippen LogP contribution is -2.31. The van der Waals surface area contributed by atoms with E-state index in [2.05, 4.69) is 0 Å². The maximum Gasteiger partial charge on any atom is 0.320 e. The predicted octanol–water partition coefficient (Wildman–Crippen LogP) is 1.47. The van der Waals surface area contributed by atoms with Gasteiger partial charge in [-0.1, -0.05) is 27.7 Å². The Kier molecular flexibility index (Phi) is 7.31. The number of carbonyl (C=O) groups is 1. The van der Waals surface area contributed by atoms with Crippen LogP contribution in [0, 0.1) is 5.92 Å². The van der Waals surface area contributed by atoms with Crippen molar-refractivity contribution in [1.29, 1.82) is 0 Å². The topological polar surface area (TPSA) is 63.3 Å². The molecule has 0 heterocycles. The normalized spacial score (nSPS) is 14.8. The Morgan fingerprint density at radius 2 is 2.09 bits per heavy atom. The van der Waals surface area contributed by atoms with Gasteiger partial charge in [0.1, 0.15) is 6.04 Å². The first kappa shape index (κ1) is 13.1. The molecule has 11 heavy (non-hydrogen) atoms. The molecule has 0 aromatic heterocycles. The van der Waals surface area contributed by atoms with Gasteiger partial charge in [-0.25, -0.2) is 0 Å². The van der Waals surface area contributed by atoms with Crippen LogP contribution < -0.4 is 5.73 Å². The first-order chi connectivity index (χ1) is 4.57. The lowest BCUT2D eigenvalue weighted by Gasteiger charge is -2.10. The summed E-state index contributed by atoms with van der Waals surface area (Å²) in [5, 5.41) is 8.40. The smallest absolute Gasteiger partial charge is 0.320 e. The van der Waals surface area contributed by atoms with Gasteiger partial charge in [0.05, 0.1) is 0 Å². The van der Waals surface area contributed by atoms with Crippen molar-refractivity contribution in [3.8, 4) is 0 Å². The molecule has 0 saturated carbocycles. The van der Waals surface area contributed by atoms with E-state index in [-0.39, 0.29) is 7.43 Å². The summed E-state index contributed by atoms with van der Waals surface area (Å²) in [5.74, 6) is -0.494. The summed E-state index contributed by atoms with van der Waals surface area (Å²) < 4.78 is 0. The highest BCUT2D eigenvalue weighted by Gasteiger charge is 2.13. The SMILES string of the molecule is C.CC[C@@H](C)C[C@H](N)C(=O)O. The van der Waals surface area contributed by atoms with Crippen LogP contribution >= 0.6 is 0 Å². The number of hydrogen-bond donors (Lipinski definition) is 2. The second-order valence-electron chi connectivity index (χ2n) is 2.69. The molecule has 0 aliphatic rings. The number of carboxylic acid groups (broad SMARTS) is 1. The summed E-state index contributed by atoms with van der Waals surface area (Å²) in [4.78, 5) is 10.2. The number of hydrogen-bond acceptors (Lipinski definition) is 2. The Balaban J connectivity index is 0. The minimum Gasteiger partial charge on any atom is -0.480 e. The van der Waals surface area contributed by atoms with Crippen LogP contribution in [0.2, 0.25) is 0 Å². The van der Waals surface area contributed by atoms with E-state index in [0.29, 0.717) is 12.3 Å². The van der Waals surface area contributed by atoms with Crippen LogP contribution in [0.1, 0.15) is 34.1 Å². The van der Waals surface area contributed by atoms with Crippen LogP contribution in [0.3, 0.4) is 0 Å². The van der Waals surface area contributed by atoms with E-state index in [0.717, 1.165) is 6.42 Å². The highest BCUT2D eigenvalue weighted by Crippen LogP contribution is 2.07. The monoisotopic (exact) mass is 161 g/mol. The summed E-state index contributed by atoms with van der Waals surface area (Å²) in [7, 11) is 0. The molecule has 68 valence electrons. The van der Waals surface area contributed by atoms with Gasteiger partial charge >= 0.3 is 5.97 Å². The Morgan fingerprint density at radius 1 is 1.64 bits per heavy atom. The second-order valence-corrected chi connectivity index (χ2v) is 2.69. The van der Waals surface area contributed by atoms with E-state index in [4.69, 9.17) is 10.8 Å². The van der Waals surface area contributed by atoms with E-state index in [1.54, 1.807) is 0 Å². The number of carboxylic acids is 1. The van der Waals surface area contributed by atoms with Gasteiger partial charge in [-0.05, 0) is 12.3 Å². The quantitative estimate of drug-likeness (QED) is 0.656. The summed E-state index contributed by atoms with van der Waals surface area (Å²) in [6.45, 7) is 4.03. The van der Waals surface area contributed by atoms with E-state index >= 15 is 0 Å². The van der Waals surface area contributed by atoms with Crippen LogP contribution in [-0.4, -0.2) is 17.1 Å². The molecule has 0 amide bonds. The minimum atomic E-state index is -0.902. The van der Waals surface area contributed by atoms with Gasteiger partial charge in [0.2, 0.25) is 0 Å². The van der Waals surface area contributed by atoms with Crippen LogP contribution in [0.25, 0.3) is 0 Å². The summed E-state index contributed by atoms with van der Waals surface area (Å²) >= 11 is 0. The third-order valence-electron chi connectivity index (χ3n) is 1.67. The van der Waals surface area contributed by atoms with E-state index in [1.807, 2.05) is 13.8 Å². The molecule has 3 N–H and O–H groups in total. The highest BCUT2D eigenvalue weighted by atomic mass is 16.4. The molecule has 0 aromatic rings. The van der Waals surface area contributed by atoms with Gasteiger partial charge in [0.15, 0.2) is 0 Å². The van der Waals surface area contributed by atoms with E-state index in [9.17, 15) is 4.79 Å². The number of nitrogens with two attached hydrogens (primary N) is 1. The molecule has 2 atom stereocenters. The first-order valence-electron chi connectivity index (χ1n) is 3.56. The zero-order valence-electron chi connectivity index (χ0n) is 6.50. The van der Waals surface area contributed by atoms with E-state index < -0.39 is 12.0 Å². The van der Waals surface area contributed by atoms with Crippen molar-refractivity contribution in [3.63, 3.8) is 0 Å². The molecule has 0 bridgehead atoms. The number of rotatable bonds is 4. The molecule has 0 aliphatic carbocycles. The summed E-state index contributed by atoms with van der Waals surface area (Å²) in [6.07, 6.45) is 1.56. The lowest BCUT2D eigenvalue weighted by molar-refractivity contribution is -0.138. The van der Waals surface area contributed by atoms with Crippen molar-refractivity contribution >= 4 is 5.97 Å². The fourth-order valence-corrected chi connectivity index (χ4v) is 0.701. The summed E-state index contributed by atoms with van der Waals surface area (Å²) in [6, 6.07) is -0.685.